The molecule has 10 heteroatoms. The molecular weight excluding hydrogens is 450 g/mol. The van der Waals surface area contributed by atoms with Crippen LogP contribution in [0.3, 0.4) is 0 Å². The maximum absolute atomic E-state index is 12.7. The van der Waals surface area contributed by atoms with Crippen molar-refractivity contribution in [1.82, 2.24) is 9.88 Å². The Hall–Kier alpha value is -2.98. The van der Waals surface area contributed by atoms with E-state index in [4.69, 9.17) is 9.72 Å². The first-order valence-electron chi connectivity index (χ1n) is 10.2. The Morgan fingerprint density at radius 1 is 1.22 bits per heavy atom. The maximum Gasteiger partial charge on any atom is 0.338 e. The van der Waals surface area contributed by atoms with Gasteiger partial charge in [-0.1, -0.05) is 18.2 Å². The van der Waals surface area contributed by atoms with Crippen molar-refractivity contribution in [3.8, 4) is 0 Å². The maximum atomic E-state index is 12.7. The van der Waals surface area contributed by atoms with Gasteiger partial charge in [-0.25, -0.2) is 18.2 Å². The number of hydrogen-bond acceptors (Lipinski definition) is 7. The summed E-state index contributed by atoms with van der Waals surface area (Å²) in [6, 6.07) is 13.9. The Bertz CT molecular complexity index is 1220. The van der Waals surface area contributed by atoms with E-state index in [1.807, 2.05) is 24.3 Å². The Morgan fingerprint density at radius 2 is 2.03 bits per heavy atom. The third kappa shape index (κ3) is 5.43. The number of fused-ring (bicyclic) bond motifs is 1. The van der Waals surface area contributed by atoms with E-state index < -0.39 is 16.0 Å². The van der Waals surface area contributed by atoms with Crippen molar-refractivity contribution in [2.75, 3.05) is 30.7 Å². The van der Waals surface area contributed by atoms with Crippen molar-refractivity contribution in [2.24, 2.45) is 0 Å². The van der Waals surface area contributed by atoms with Crippen molar-refractivity contribution < 1.29 is 22.7 Å². The molecule has 1 amide bonds. The van der Waals surface area contributed by atoms with Crippen molar-refractivity contribution in [3.05, 3.63) is 59.1 Å². The Labute approximate surface area is 190 Å². The third-order valence-corrected chi connectivity index (χ3v) is 6.97. The third-order valence-electron chi connectivity index (χ3n) is 5.16. The lowest BCUT2D eigenvalue weighted by molar-refractivity contribution is -0.135. The lowest BCUT2D eigenvalue weighted by atomic mass is 9.99. The molecule has 8 nitrogen and oxygen atoms in total. The Kier molecular flexibility index (Phi) is 6.43. The van der Waals surface area contributed by atoms with Gasteiger partial charge >= 0.3 is 5.97 Å². The second-order valence-electron chi connectivity index (χ2n) is 7.73. The zero-order valence-corrected chi connectivity index (χ0v) is 19.1. The molecule has 1 unspecified atom stereocenters. The molecule has 0 aliphatic carbocycles. The molecule has 1 N–H and O–H groups in total. The molecule has 1 aromatic heterocycles. The van der Waals surface area contributed by atoms with Gasteiger partial charge in [0.2, 0.25) is 10.0 Å². The summed E-state index contributed by atoms with van der Waals surface area (Å²) in [5.74, 6) is -0.774. The number of nitrogens with zero attached hydrogens (tertiary/aromatic N) is 2. The summed E-state index contributed by atoms with van der Waals surface area (Å²) in [5.41, 5.74) is 1.39. The summed E-state index contributed by atoms with van der Waals surface area (Å²) in [7, 11) is -3.46. The van der Waals surface area contributed by atoms with E-state index in [9.17, 15) is 18.0 Å². The lowest BCUT2D eigenvalue weighted by Crippen LogP contribution is -2.41. The number of aromatic nitrogens is 1. The number of piperidine rings is 1. The molecule has 0 bridgehead atoms. The molecule has 2 aromatic carbocycles. The first kappa shape index (κ1) is 22.2. The number of rotatable bonds is 6. The number of likely N-dealkylation sites (tertiary alicyclic amines) is 1. The van der Waals surface area contributed by atoms with Gasteiger partial charge in [0.1, 0.15) is 0 Å². The summed E-state index contributed by atoms with van der Waals surface area (Å²) in [6.45, 7) is 0.796. The second kappa shape index (κ2) is 9.25. The number of esters is 1. The first-order chi connectivity index (χ1) is 15.3. The summed E-state index contributed by atoms with van der Waals surface area (Å²) in [4.78, 5) is 31.5. The number of carbonyl (C=O) groups is 2. The van der Waals surface area contributed by atoms with Crippen LogP contribution in [0.1, 0.15) is 34.1 Å². The number of benzene rings is 2. The average molecular weight is 474 g/mol. The van der Waals surface area contributed by atoms with Gasteiger partial charge in [-0.05, 0) is 43.2 Å². The predicted octanol–water partition coefficient (Wildman–Crippen LogP) is 3.23. The quantitative estimate of drug-likeness (QED) is 0.551. The smallest absolute Gasteiger partial charge is 0.338 e. The van der Waals surface area contributed by atoms with Crippen molar-refractivity contribution in [3.63, 3.8) is 0 Å². The number of nitrogens with one attached hydrogen (secondary N) is 1. The molecule has 168 valence electrons. The van der Waals surface area contributed by atoms with Crippen molar-refractivity contribution >= 4 is 49.1 Å². The fourth-order valence-electron chi connectivity index (χ4n) is 3.70. The van der Waals surface area contributed by atoms with E-state index in [1.54, 1.807) is 22.3 Å². The summed E-state index contributed by atoms with van der Waals surface area (Å²) in [5, 5.41) is 1.02. The Morgan fingerprint density at radius 3 is 2.81 bits per heavy atom. The number of carbonyl (C=O) groups excluding carboxylic acids is 2. The van der Waals surface area contributed by atoms with Gasteiger partial charge in [0, 0.05) is 24.7 Å². The largest absolute Gasteiger partial charge is 0.452 e. The number of hydrogen-bond donors (Lipinski definition) is 1. The van der Waals surface area contributed by atoms with Gasteiger partial charge in [-0.15, -0.1) is 11.3 Å². The molecule has 1 aliphatic heterocycles. The van der Waals surface area contributed by atoms with Gasteiger partial charge in [-0.3, -0.25) is 9.52 Å². The van der Waals surface area contributed by atoms with Gasteiger partial charge < -0.3 is 9.64 Å². The lowest BCUT2D eigenvalue weighted by Gasteiger charge is -2.31. The van der Waals surface area contributed by atoms with Gasteiger partial charge in [0.25, 0.3) is 5.91 Å². The van der Waals surface area contributed by atoms with Crippen LogP contribution in [-0.4, -0.2) is 56.1 Å². The average Bonchev–Trinajstić information content (AvgIpc) is 3.21. The molecule has 0 spiro atoms. The Balaban J connectivity index is 1.35. The van der Waals surface area contributed by atoms with Gasteiger partial charge in [-0.2, -0.15) is 0 Å². The predicted molar refractivity (Wildman–Crippen MR) is 123 cm³/mol. The van der Waals surface area contributed by atoms with Crippen LogP contribution in [0, 0.1) is 0 Å². The molecule has 1 fully saturated rings. The molecule has 3 aromatic rings. The van der Waals surface area contributed by atoms with Crippen LogP contribution in [0.5, 0.6) is 0 Å². The van der Waals surface area contributed by atoms with Crippen molar-refractivity contribution in [2.45, 2.75) is 18.8 Å². The van der Waals surface area contributed by atoms with Gasteiger partial charge in [0.05, 0.1) is 27.0 Å². The van der Waals surface area contributed by atoms with Crippen LogP contribution >= 0.6 is 11.3 Å². The highest BCUT2D eigenvalue weighted by molar-refractivity contribution is 7.92. The standard InChI is InChI=1S/C22H23N3O5S2/c1-32(28,29)24-17-8-4-6-15(12-17)22(27)30-14-20(26)25-11-5-7-16(13-25)21-23-18-9-2-3-10-19(18)31-21/h2-4,6,8-10,12,16,24H,5,7,11,13-14H2,1H3. The number of ether oxygens (including phenoxy) is 1. The van der Waals surface area contributed by atoms with Crippen molar-refractivity contribution in [1.29, 1.82) is 0 Å². The summed E-state index contributed by atoms with van der Waals surface area (Å²) < 4.78 is 31.4. The zero-order chi connectivity index (χ0) is 22.7. The topological polar surface area (TPSA) is 106 Å². The molecule has 4 rings (SSSR count). The number of anilines is 1. The van der Waals surface area contributed by atoms with E-state index in [1.165, 1.54) is 18.2 Å². The van der Waals surface area contributed by atoms with Crippen LogP contribution in [0.15, 0.2) is 48.5 Å². The summed E-state index contributed by atoms with van der Waals surface area (Å²) >= 11 is 1.66. The molecular formula is C22H23N3O5S2. The molecule has 0 saturated carbocycles. The van der Waals surface area contributed by atoms with Crippen LogP contribution in [0.25, 0.3) is 10.2 Å². The first-order valence-corrected chi connectivity index (χ1v) is 12.9. The highest BCUT2D eigenvalue weighted by atomic mass is 32.2. The second-order valence-corrected chi connectivity index (χ2v) is 10.5. The van der Waals surface area contributed by atoms with E-state index in [2.05, 4.69) is 4.72 Å². The highest BCUT2D eigenvalue weighted by Crippen LogP contribution is 2.33. The van der Waals surface area contributed by atoms with E-state index in [-0.39, 0.29) is 29.7 Å². The monoisotopic (exact) mass is 473 g/mol. The van der Waals surface area contributed by atoms with Crippen LogP contribution < -0.4 is 4.72 Å². The van der Waals surface area contributed by atoms with Crippen LogP contribution in [-0.2, 0) is 19.6 Å². The number of sulfonamides is 1. The number of thiazole rings is 1. The highest BCUT2D eigenvalue weighted by Gasteiger charge is 2.27. The molecule has 2 heterocycles. The van der Waals surface area contributed by atoms with Crippen LogP contribution in [0.4, 0.5) is 5.69 Å². The molecule has 32 heavy (non-hydrogen) atoms. The normalized spacial score (nSPS) is 16.7. The van der Waals surface area contributed by atoms with Gasteiger partial charge in [0.15, 0.2) is 6.61 Å². The molecule has 1 atom stereocenters. The molecule has 1 saturated heterocycles. The zero-order valence-electron chi connectivity index (χ0n) is 17.5. The van der Waals surface area contributed by atoms with E-state index >= 15 is 0 Å². The minimum absolute atomic E-state index is 0.164. The summed E-state index contributed by atoms with van der Waals surface area (Å²) in [6.07, 6.45) is 2.85. The fourth-order valence-corrected chi connectivity index (χ4v) is 5.34. The van der Waals surface area contributed by atoms with E-state index in [0.29, 0.717) is 13.1 Å². The molecule has 1 aliphatic rings. The van der Waals surface area contributed by atoms with Crippen LogP contribution in [0.2, 0.25) is 0 Å². The minimum Gasteiger partial charge on any atom is -0.452 e. The SMILES string of the molecule is CS(=O)(=O)Nc1cccc(C(=O)OCC(=O)N2CCCC(c3nc4ccccc4s3)C2)c1. The molecule has 0 radical (unpaired) electrons. The fraction of sp³-hybridized carbons (Fsp3) is 0.318. The van der Waals surface area contributed by atoms with E-state index in [0.717, 1.165) is 34.3 Å². The minimum atomic E-state index is -3.46. The number of amides is 1. The number of para-hydroxylation sites is 1.